The number of carbonyl (C=O) groups is 1. The minimum Gasteiger partial charge on any atom is -0.464 e. The van der Waals surface area contributed by atoms with Gasteiger partial charge in [0, 0.05) is 0 Å². The number of benzene rings is 1. The number of nitrogens with one attached hydrogen (secondary N) is 1. The van der Waals surface area contributed by atoms with Crippen LogP contribution < -0.4 is 15.3 Å². The second-order valence-electron chi connectivity index (χ2n) is 10.4. The van der Waals surface area contributed by atoms with Gasteiger partial charge in [-0.3, -0.25) is 9.32 Å². The fourth-order valence-corrected chi connectivity index (χ4v) is 6.15. The molecule has 230 valence electrons. The highest BCUT2D eigenvalue weighted by atomic mass is 31.2. The minimum atomic E-state index is -4.28. The van der Waals surface area contributed by atoms with Gasteiger partial charge < -0.3 is 29.9 Å². The van der Waals surface area contributed by atoms with E-state index in [1.807, 2.05) is 13.8 Å². The lowest BCUT2D eigenvalue weighted by atomic mass is 9.91. The number of esters is 1. The molecule has 13 nitrogen and oxygen atoms in total. The van der Waals surface area contributed by atoms with Gasteiger partial charge in [-0.25, -0.2) is 9.08 Å². The van der Waals surface area contributed by atoms with E-state index >= 15 is 0 Å². The van der Waals surface area contributed by atoms with Crippen LogP contribution in [0.5, 0.6) is 5.75 Å². The van der Waals surface area contributed by atoms with Crippen LogP contribution in [-0.2, 0) is 23.4 Å². The Balaban J connectivity index is 1.51. The number of carbonyl (C=O) groups excluding carboxylic acids is 1. The lowest BCUT2D eigenvalue weighted by molar-refractivity contribution is -0.146. The molecule has 1 aliphatic heterocycles. The van der Waals surface area contributed by atoms with Gasteiger partial charge in [0.05, 0.1) is 18.9 Å². The van der Waals surface area contributed by atoms with E-state index in [-0.39, 0.29) is 35.3 Å². The molecule has 5 N–H and O–H groups in total. The Kier molecular flexibility index (Phi) is 9.86. The molecule has 1 aliphatic rings. The number of ether oxygens (including phenoxy) is 2. The molecular formula is C27H37FN5O8P. The van der Waals surface area contributed by atoms with Gasteiger partial charge in [0.15, 0.2) is 5.82 Å². The van der Waals surface area contributed by atoms with Crippen molar-refractivity contribution in [1.82, 2.24) is 19.7 Å². The molecule has 1 saturated heterocycles. The summed E-state index contributed by atoms with van der Waals surface area (Å²) in [6, 6.07) is 10.1. The quantitative estimate of drug-likeness (QED) is 0.165. The SMILES string of the molecule is CCC(CC)COC(=O)[C@H](C)NP(=O)(OC[C@H]1O[C@@H](c2ccc3c(N)nc(F)nn23)[C@](C)(O)[C@@H]1O)Oc1ccccc1. The van der Waals surface area contributed by atoms with E-state index in [0.29, 0.717) is 0 Å². The molecule has 0 amide bonds. The Morgan fingerprint density at radius 3 is 2.62 bits per heavy atom. The van der Waals surface area contributed by atoms with E-state index in [2.05, 4.69) is 15.2 Å². The second-order valence-corrected chi connectivity index (χ2v) is 12.1. The van der Waals surface area contributed by atoms with Crippen LogP contribution in [0.4, 0.5) is 10.2 Å². The Labute approximate surface area is 242 Å². The topological polar surface area (TPSA) is 180 Å². The third-order valence-electron chi connectivity index (χ3n) is 7.30. The number of aliphatic hydroxyl groups is 2. The number of hydrogen-bond acceptors (Lipinski definition) is 11. The van der Waals surface area contributed by atoms with Crippen LogP contribution in [0.3, 0.4) is 0 Å². The van der Waals surface area contributed by atoms with Crippen molar-refractivity contribution >= 4 is 25.1 Å². The molecule has 3 heterocycles. The van der Waals surface area contributed by atoms with Crippen molar-refractivity contribution in [1.29, 1.82) is 0 Å². The third-order valence-corrected chi connectivity index (χ3v) is 8.95. The monoisotopic (exact) mass is 609 g/mol. The fraction of sp³-hybridized carbons (Fsp3) is 0.519. The van der Waals surface area contributed by atoms with Gasteiger partial charge >= 0.3 is 19.8 Å². The number of anilines is 1. The highest BCUT2D eigenvalue weighted by Gasteiger charge is 2.54. The molecule has 15 heteroatoms. The van der Waals surface area contributed by atoms with Gasteiger partial charge in [-0.2, -0.15) is 14.5 Å². The number of para-hydroxylation sites is 1. The number of nitrogens with two attached hydrogens (primary N) is 1. The summed E-state index contributed by atoms with van der Waals surface area (Å²) in [7, 11) is -4.28. The second kappa shape index (κ2) is 13.0. The molecule has 4 rings (SSSR count). The van der Waals surface area contributed by atoms with Gasteiger partial charge in [0.1, 0.15) is 41.2 Å². The minimum absolute atomic E-state index is 0.121. The maximum atomic E-state index is 13.9. The number of nitrogens with zero attached hydrogens (tertiary/aromatic N) is 3. The lowest BCUT2D eigenvalue weighted by Gasteiger charge is -2.27. The normalized spacial score (nSPS) is 24.5. The van der Waals surface area contributed by atoms with Crippen molar-refractivity contribution in [3.05, 3.63) is 54.2 Å². The van der Waals surface area contributed by atoms with Crippen LogP contribution in [0.1, 0.15) is 52.3 Å². The van der Waals surface area contributed by atoms with E-state index in [0.717, 1.165) is 17.4 Å². The Bertz CT molecular complexity index is 1420. The van der Waals surface area contributed by atoms with Gasteiger partial charge in [-0.15, -0.1) is 5.10 Å². The lowest BCUT2D eigenvalue weighted by Crippen LogP contribution is -2.43. The molecule has 2 aromatic heterocycles. The van der Waals surface area contributed by atoms with Crippen LogP contribution in [0.2, 0.25) is 0 Å². The average Bonchev–Trinajstić information content (AvgIpc) is 3.46. The van der Waals surface area contributed by atoms with Crippen molar-refractivity contribution in [2.45, 2.75) is 70.5 Å². The molecule has 3 aromatic rings. The zero-order valence-electron chi connectivity index (χ0n) is 23.8. The maximum absolute atomic E-state index is 13.9. The first-order chi connectivity index (χ1) is 19.9. The molecule has 0 saturated carbocycles. The van der Waals surface area contributed by atoms with Crippen LogP contribution >= 0.6 is 7.75 Å². The first-order valence-corrected chi connectivity index (χ1v) is 15.2. The molecule has 1 fully saturated rings. The Morgan fingerprint density at radius 2 is 1.95 bits per heavy atom. The number of fused-ring (bicyclic) bond motifs is 1. The summed E-state index contributed by atoms with van der Waals surface area (Å²) in [5.74, 6) is -0.369. The summed E-state index contributed by atoms with van der Waals surface area (Å²) < 4.78 is 51.6. The van der Waals surface area contributed by atoms with Gasteiger partial charge in [0.2, 0.25) is 0 Å². The van der Waals surface area contributed by atoms with E-state index in [9.17, 15) is 24.0 Å². The molecule has 6 atom stereocenters. The number of aromatic nitrogens is 3. The highest BCUT2D eigenvalue weighted by Crippen LogP contribution is 2.48. The maximum Gasteiger partial charge on any atom is 0.459 e. The number of nitrogen functional groups attached to an aromatic ring is 1. The Hall–Kier alpha value is -3.13. The molecule has 0 bridgehead atoms. The molecule has 1 unspecified atom stereocenters. The molecule has 0 aliphatic carbocycles. The Morgan fingerprint density at radius 1 is 1.26 bits per heavy atom. The smallest absolute Gasteiger partial charge is 0.459 e. The first kappa shape index (κ1) is 31.8. The van der Waals surface area contributed by atoms with Crippen LogP contribution in [0.15, 0.2) is 42.5 Å². The summed E-state index contributed by atoms with van der Waals surface area (Å²) in [5, 5.41) is 28.5. The molecule has 0 spiro atoms. The van der Waals surface area contributed by atoms with E-state index in [4.69, 9.17) is 24.3 Å². The van der Waals surface area contributed by atoms with Crippen LogP contribution in [-0.4, -0.2) is 67.8 Å². The van der Waals surface area contributed by atoms with Gasteiger partial charge in [-0.1, -0.05) is 44.9 Å². The van der Waals surface area contributed by atoms with Crippen molar-refractivity contribution in [2.24, 2.45) is 5.92 Å². The number of aliphatic hydroxyl groups excluding tert-OH is 1. The molecule has 0 radical (unpaired) electrons. The standard InChI is InChI=1S/C27H37FN5O8P/c1-5-17(6-2)14-38-25(35)16(3)32-42(37,41-18-10-8-7-9-11-18)39-15-21-22(34)27(4,36)23(40-21)19-12-13-20-24(29)30-26(28)31-33(19)20/h7-13,16-17,21-23,34,36H,5-6,14-15H2,1-4H3,(H,32,37)(H2,29,30,31)/t16-,21+,22+,23-,27+,42?/m0/s1. The summed E-state index contributed by atoms with van der Waals surface area (Å²) in [4.78, 5) is 16.2. The summed E-state index contributed by atoms with van der Waals surface area (Å²) >= 11 is 0. The van der Waals surface area contributed by atoms with Gasteiger partial charge in [-0.05, 0) is 44.0 Å². The summed E-state index contributed by atoms with van der Waals surface area (Å²) in [6.45, 7) is 6.50. The number of rotatable bonds is 13. The van der Waals surface area contributed by atoms with E-state index in [1.165, 1.54) is 26.0 Å². The zero-order chi connectivity index (χ0) is 30.7. The van der Waals surface area contributed by atoms with Crippen molar-refractivity contribution in [2.75, 3.05) is 18.9 Å². The van der Waals surface area contributed by atoms with Crippen molar-refractivity contribution in [3.8, 4) is 5.75 Å². The largest absolute Gasteiger partial charge is 0.464 e. The fourth-order valence-electron chi connectivity index (χ4n) is 4.65. The summed E-state index contributed by atoms with van der Waals surface area (Å²) in [6.07, 6.45) is -3.37. The number of hydrogen-bond donors (Lipinski definition) is 4. The molecule has 1 aromatic carbocycles. The predicted octanol–water partition coefficient (Wildman–Crippen LogP) is 3.16. The predicted molar refractivity (Wildman–Crippen MR) is 150 cm³/mol. The zero-order valence-corrected chi connectivity index (χ0v) is 24.7. The van der Waals surface area contributed by atoms with Crippen LogP contribution in [0, 0.1) is 12.0 Å². The highest BCUT2D eigenvalue weighted by molar-refractivity contribution is 7.52. The van der Waals surface area contributed by atoms with E-state index in [1.54, 1.807) is 30.3 Å². The molecular weight excluding hydrogens is 572 g/mol. The summed E-state index contributed by atoms with van der Waals surface area (Å²) in [5.41, 5.74) is 4.36. The van der Waals surface area contributed by atoms with E-state index < -0.39 is 56.4 Å². The average molecular weight is 610 g/mol. The first-order valence-electron chi connectivity index (χ1n) is 13.7. The number of halogens is 1. The van der Waals surface area contributed by atoms with Crippen molar-refractivity contribution in [3.63, 3.8) is 0 Å². The van der Waals surface area contributed by atoms with Gasteiger partial charge in [0.25, 0.3) is 0 Å². The van der Waals surface area contributed by atoms with Crippen LogP contribution in [0.25, 0.3) is 5.52 Å². The third kappa shape index (κ3) is 6.91. The van der Waals surface area contributed by atoms with Crippen molar-refractivity contribution < 1.29 is 42.5 Å². The molecule has 42 heavy (non-hydrogen) atoms.